The molecule has 1 aliphatic carbocycles. The van der Waals surface area contributed by atoms with Gasteiger partial charge in [0.1, 0.15) is 0 Å². The third kappa shape index (κ3) is 4.52. The second-order valence-corrected chi connectivity index (χ2v) is 11.6. The first-order valence-corrected chi connectivity index (χ1v) is 14.5. The van der Waals surface area contributed by atoms with E-state index in [2.05, 4.69) is 46.2 Å². The van der Waals surface area contributed by atoms with Crippen molar-refractivity contribution in [3.63, 3.8) is 0 Å². The van der Waals surface area contributed by atoms with E-state index < -0.39 is 0 Å². The van der Waals surface area contributed by atoms with Gasteiger partial charge in [-0.05, 0) is 90.1 Å². The van der Waals surface area contributed by atoms with Gasteiger partial charge in [-0.1, -0.05) is 18.2 Å². The number of fused-ring (bicyclic) bond motifs is 1. The number of hydrogen-bond donors (Lipinski definition) is 3. The molecular weight excluding hydrogens is 468 g/mol. The molecule has 0 bridgehead atoms. The highest BCUT2D eigenvalue weighted by molar-refractivity contribution is 7.98. The van der Waals surface area contributed by atoms with Gasteiger partial charge in [-0.2, -0.15) is 0 Å². The first-order chi connectivity index (χ1) is 17.3. The number of carbonyl (C=O) groups excluding carboxylic acids is 1. The van der Waals surface area contributed by atoms with Crippen LogP contribution in [0.5, 0.6) is 0 Å². The van der Waals surface area contributed by atoms with E-state index in [4.69, 9.17) is 0 Å². The zero-order valence-corrected chi connectivity index (χ0v) is 22.7. The Morgan fingerprint density at radius 2 is 1.97 bits per heavy atom. The molecule has 1 saturated heterocycles. The minimum absolute atomic E-state index is 0.126. The van der Waals surface area contributed by atoms with Gasteiger partial charge in [0.05, 0.1) is 5.56 Å². The Hall–Kier alpha value is -2.51. The average molecular weight is 507 g/mol. The van der Waals surface area contributed by atoms with Gasteiger partial charge in [0.2, 0.25) is 0 Å². The van der Waals surface area contributed by atoms with Crippen LogP contribution in [0.1, 0.15) is 78.8 Å². The fraction of sp³-hybridized carbons (Fsp3) is 0.517. The molecule has 7 heteroatoms. The average Bonchev–Trinajstić information content (AvgIpc) is 3.44. The summed E-state index contributed by atoms with van der Waals surface area (Å²) < 4.78 is 2.39. The number of rotatable bonds is 6. The molecule has 2 aromatic heterocycles. The monoisotopic (exact) mass is 506 g/mol. The zero-order chi connectivity index (χ0) is 25.4. The molecule has 3 heterocycles. The summed E-state index contributed by atoms with van der Waals surface area (Å²) in [5, 5.41) is 7.82. The Kier molecular flexibility index (Phi) is 7.05. The Balaban J connectivity index is 1.41. The van der Waals surface area contributed by atoms with Crippen molar-refractivity contribution in [3.05, 3.63) is 63.2 Å². The lowest BCUT2D eigenvalue weighted by atomic mass is 9.73. The number of pyridine rings is 1. The number of para-hydroxylation sites is 1. The number of aromatic nitrogens is 2. The number of nitrogens with one attached hydrogen (secondary N) is 3. The van der Waals surface area contributed by atoms with Crippen LogP contribution in [0.4, 0.5) is 0 Å². The molecule has 1 aromatic carbocycles. The predicted octanol–water partition coefficient (Wildman–Crippen LogP) is 5.47. The van der Waals surface area contributed by atoms with Gasteiger partial charge in [-0.25, -0.2) is 0 Å². The molecule has 0 unspecified atom stereocenters. The van der Waals surface area contributed by atoms with Gasteiger partial charge in [0, 0.05) is 50.9 Å². The number of thioether (sulfide) groups is 1. The fourth-order valence-corrected chi connectivity index (χ4v) is 7.38. The summed E-state index contributed by atoms with van der Waals surface area (Å²) in [5.74, 6) is 0.470. The molecule has 1 spiro atoms. The van der Waals surface area contributed by atoms with Crippen LogP contribution in [0, 0.1) is 19.8 Å². The zero-order valence-electron chi connectivity index (χ0n) is 21.9. The third-order valence-corrected chi connectivity index (χ3v) is 9.47. The number of nitrogens with zero attached hydrogens (tertiary/aromatic N) is 1. The molecule has 2 aliphatic rings. The van der Waals surface area contributed by atoms with Gasteiger partial charge >= 0.3 is 0 Å². The normalized spacial score (nSPS) is 22.8. The minimum Gasteiger partial charge on any atom is -0.348 e. The summed E-state index contributed by atoms with van der Waals surface area (Å²) in [4.78, 5) is 29.9. The fourth-order valence-electron chi connectivity index (χ4n) is 6.68. The topological polar surface area (TPSA) is 78.9 Å². The number of hydrogen-bond acceptors (Lipinski definition) is 4. The van der Waals surface area contributed by atoms with Crippen LogP contribution in [0.2, 0.25) is 0 Å². The molecule has 1 aliphatic heterocycles. The van der Waals surface area contributed by atoms with E-state index in [1.807, 2.05) is 31.4 Å². The quantitative estimate of drug-likeness (QED) is 0.387. The van der Waals surface area contributed by atoms with Gasteiger partial charge in [0.15, 0.2) is 0 Å². The maximum Gasteiger partial charge on any atom is 0.254 e. The summed E-state index contributed by atoms with van der Waals surface area (Å²) in [6.07, 6.45) is 9.49. The van der Waals surface area contributed by atoms with E-state index >= 15 is 0 Å². The Labute approximate surface area is 217 Å². The van der Waals surface area contributed by atoms with Crippen molar-refractivity contribution in [1.29, 1.82) is 0 Å². The van der Waals surface area contributed by atoms with Crippen molar-refractivity contribution in [1.82, 2.24) is 20.2 Å². The smallest absolute Gasteiger partial charge is 0.254 e. The number of carbonyl (C=O) groups is 1. The Bertz CT molecular complexity index is 1330. The molecule has 1 atom stereocenters. The van der Waals surface area contributed by atoms with Gasteiger partial charge < -0.3 is 20.2 Å². The van der Waals surface area contributed by atoms with Crippen molar-refractivity contribution >= 4 is 28.6 Å². The van der Waals surface area contributed by atoms with E-state index in [1.54, 1.807) is 0 Å². The summed E-state index contributed by atoms with van der Waals surface area (Å²) in [6.45, 7) is 7.63. The van der Waals surface area contributed by atoms with Crippen LogP contribution in [0.25, 0.3) is 10.9 Å². The van der Waals surface area contributed by atoms with Crippen LogP contribution in [0.15, 0.2) is 40.0 Å². The highest BCUT2D eigenvalue weighted by atomic mass is 32.2. The maximum absolute atomic E-state index is 13.6. The standard InChI is InChI=1S/C29H38N4O2S/c1-18-16-25(36-4)23(27(34)32-18)17-30-28(35)26-20(3)33(24-9-6-5-8-22(24)26)19(2)21-10-13-29(14-11-21)12-7-15-31-29/h5-6,8-9,16,19,21,31H,7,10-15,17H2,1-4H3,(H,30,35)(H,32,34)/t19-,21?,29?/m1/s1. The van der Waals surface area contributed by atoms with Gasteiger partial charge in [0.25, 0.3) is 11.5 Å². The van der Waals surface area contributed by atoms with Gasteiger partial charge in [-0.15, -0.1) is 11.8 Å². The van der Waals surface area contributed by atoms with Crippen LogP contribution in [-0.4, -0.2) is 33.8 Å². The van der Waals surface area contributed by atoms with Crippen LogP contribution in [-0.2, 0) is 6.54 Å². The number of benzene rings is 1. The SMILES string of the molecule is CSc1cc(C)[nH]c(=O)c1CNC(=O)c1c(C)n([C@H](C)C2CCC3(CCCN3)CC2)c2ccccc12. The van der Waals surface area contributed by atoms with Crippen LogP contribution >= 0.6 is 11.8 Å². The maximum atomic E-state index is 13.6. The van der Waals surface area contributed by atoms with Crippen LogP contribution in [0.3, 0.4) is 0 Å². The lowest BCUT2D eigenvalue weighted by Gasteiger charge is -2.40. The molecule has 1 saturated carbocycles. The molecule has 2 fully saturated rings. The minimum atomic E-state index is -0.140. The van der Waals surface area contributed by atoms with Crippen molar-refractivity contribution in [3.8, 4) is 0 Å². The van der Waals surface area contributed by atoms with Crippen LogP contribution < -0.4 is 16.2 Å². The molecule has 1 amide bonds. The molecule has 5 rings (SSSR count). The molecule has 3 N–H and O–H groups in total. The second kappa shape index (κ2) is 10.1. The largest absolute Gasteiger partial charge is 0.348 e. The molecule has 36 heavy (non-hydrogen) atoms. The first-order valence-electron chi connectivity index (χ1n) is 13.2. The van der Waals surface area contributed by atoms with Crippen molar-refractivity contribution in [2.45, 2.75) is 82.3 Å². The Morgan fingerprint density at radius 3 is 2.67 bits per heavy atom. The highest BCUT2D eigenvalue weighted by Gasteiger charge is 2.39. The van der Waals surface area contributed by atoms with E-state index in [-0.39, 0.29) is 18.0 Å². The molecule has 192 valence electrons. The van der Waals surface area contributed by atoms with E-state index in [0.717, 1.165) is 39.3 Å². The van der Waals surface area contributed by atoms with E-state index in [1.165, 1.54) is 50.3 Å². The van der Waals surface area contributed by atoms with Crippen molar-refractivity contribution < 1.29 is 4.79 Å². The van der Waals surface area contributed by atoms with Gasteiger partial charge in [-0.3, -0.25) is 9.59 Å². The number of amides is 1. The lowest BCUT2D eigenvalue weighted by Crippen LogP contribution is -2.43. The number of H-pyrrole nitrogens is 1. The van der Waals surface area contributed by atoms with Crippen molar-refractivity contribution in [2.24, 2.45) is 5.92 Å². The first kappa shape index (κ1) is 25.2. The summed E-state index contributed by atoms with van der Waals surface area (Å²) in [6, 6.07) is 10.5. The summed E-state index contributed by atoms with van der Waals surface area (Å²) in [5.41, 5.74) is 4.50. The third-order valence-electron chi connectivity index (χ3n) is 8.67. The molecule has 0 radical (unpaired) electrons. The number of aryl methyl sites for hydroxylation is 1. The molecular formula is C29H38N4O2S. The van der Waals surface area contributed by atoms with Crippen molar-refractivity contribution in [2.75, 3.05) is 12.8 Å². The molecule has 6 nitrogen and oxygen atoms in total. The predicted molar refractivity (Wildman–Crippen MR) is 148 cm³/mol. The second-order valence-electron chi connectivity index (χ2n) is 10.7. The van der Waals surface area contributed by atoms with E-state index in [9.17, 15) is 9.59 Å². The summed E-state index contributed by atoms with van der Waals surface area (Å²) in [7, 11) is 0. The Morgan fingerprint density at radius 1 is 1.22 bits per heavy atom. The van der Waals surface area contributed by atoms with E-state index in [0.29, 0.717) is 23.1 Å². The number of aromatic amines is 1. The lowest BCUT2D eigenvalue weighted by molar-refractivity contribution is 0.0951. The molecule has 3 aromatic rings. The highest BCUT2D eigenvalue weighted by Crippen LogP contribution is 2.43. The summed E-state index contributed by atoms with van der Waals surface area (Å²) >= 11 is 1.53.